The number of nitrogens with one attached hydrogen (secondary N) is 1. The minimum absolute atomic E-state index is 0.0598. The second kappa shape index (κ2) is 10.2. The lowest BCUT2D eigenvalue weighted by Crippen LogP contribution is -2.35. The van der Waals surface area contributed by atoms with Crippen LogP contribution >= 0.6 is 0 Å². The maximum absolute atomic E-state index is 13.0. The number of carbonyl (C=O) groups is 1. The first-order valence-corrected chi connectivity index (χ1v) is 12.0. The van der Waals surface area contributed by atoms with Crippen molar-refractivity contribution >= 4 is 27.3 Å². The number of benzene rings is 2. The van der Waals surface area contributed by atoms with Crippen molar-refractivity contribution in [3.8, 4) is 11.5 Å². The summed E-state index contributed by atoms with van der Waals surface area (Å²) in [7, 11) is -2.36. The Morgan fingerprint density at radius 3 is 2.45 bits per heavy atom. The van der Waals surface area contributed by atoms with E-state index in [0.717, 1.165) is 25.3 Å². The molecular formula is C22H27N3O7S. The Balaban J connectivity index is 1.97. The van der Waals surface area contributed by atoms with Gasteiger partial charge in [-0.1, -0.05) is 12.5 Å². The summed E-state index contributed by atoms with van der Waals surface area (Å²) >= 11 is 0. The lowest BCUT2D eigenvalue weighted by molar-refractivity contribution is -0.385. The highest BCUT2D eigenvalue weighted by Gasteiger charge is 2.28. The molecule has 11 heteroatoms. The molecule has 1 aliphatic rings. The van der Waals surface area contributed by atoms with Crippen molar-refractivity contribution in [2.45, 2.75) is 38.0 Å². The lowest BCUT2D eigenvalue weighted by atomic mass is 10.1. The quantitative estimate of drug-likeness (QED) is 0.453. The number of ether oxygens (including phenoxy) is 2. The summed E-state index contributed by atoms with van der Waals surface area (Å²) in [5.74, 6) is -0.444. The smallest absolute Gasteiger partial charge is 0.286 e. The van der Waals surface area contributed by atoms with Gasteiger partial charge in [0.25, 0.3) is 11.6 Å². The van der Waals surface area contributed by atoms with Gasteiger partial charge in [-0.25, -0.2) is 8.42 Å². The zero-order chi connectivity index (χ0) is 24.2. The van der Waals surface area contributed by atoms with Crippen LogP contribution in [0, 0.1) is 17.0 Å². The van der Waals surface area contributed by atoms with E-state index in [1.54, 1.807) is 19.9 Å². The number of amides is 1. The van der Waals surface area contributed by atoms with Crippen molar-refractivity contribution in [2.24, 2.45) is 0 Å². The SMILES string of the molecule is CCOc1cc(C(=O)Nc2cc(S(=O)(=O)N3CCCCC3)ccc2C)c([N+](=O)[O-])cc1OC. The highest BCUT2D eigenvalue weighted by Crippen LogP contribution is 2.35. The maximum Gasteiger partial charge on any atom is 0.286 e. The molecule has 1 heterocycles. The number of piperidine rings is 1. The number of rotatable bonds is 8. The molecule has 3 rings (SSSR count). The second-order valence-corrected chi connectivity index (χ2v) is 9.54. The van der Waals surface area contributed by atoms with Crippen LogP contribution in [0.5, 0.6) is 11.5 Å². The minimum atomic E-state index is -3.71. The van der Waals surface area contributed by atoms with E-state index in [1.165, 1.54) is 29.6 Å². The molecule has 33 heavy (non-hydrogen) atoms. The number of nitrogens with zero attached hydrogens (tertiary/aromatic N) is 2. The number of methoxy groups -OCH3 is 1. The van der Waals surface area contributed by atoms with E-state index in [9.17, 15) is 23.3 Å². The van der Waals surface area contributed by atoms with Gasteiger partial charge in [0.1, 0.15) is 5.56 Å². The molecule has 1 saturated heterocycles. The molecule has 1 fully saturated rings. The highest BCUT2D eigenvalue weighted by atomic mass is 32.2. The van der Waals surface area contributed by atoms with Crippen molar-refractivity contribution in [1.29, 1.82) is 0 Å². The third-order valence-corrected chi connectivity index (χ3v) is 7.33. The van der Waals surface area contributed by atoms with Gasteiger partial charge in [-0.3, -0.25) is 14.9 Å². The Morgan fingerprint density at radius 2 is 1.85 bits per heavy atom. The number of anilines is 1. The van der Waals surface area contributed by atoms with E-state index in [0.29, 0.717) is 18.7 Å². The minimum Gasteiger partial charge on any atom is -0.493 e. The van der Waals surface area contributed by atoms with Gasteiger partial charge in [0.05, 0.1) is 29.6 Å². The molecule has 2 aromatic carbocycles. The fraction of sp³-hybridized carbons (Fsp3) is 0.409. The molecule has 0 saturated carbocycles. The zero-order valence-electron chi connectivity index (χ0n) is 18.8. The number of hydrogen-bond donors (Lipinski definition) is 1. The number of sulfonamides is 1. The molecule has 2 aromatic rings. The molecule has 1 N–H and O–H groups in total. The van der Waals surface area contributed by atoms with E-state index in [2.05, 4.69) is 5.32 Å². The molecule has 0 spiro atoms. The van der Waals surface area contributed by atoms with Gasteiger partial charge in [0.2, 0.25) is 10.0 Å². The summed E-state index contributed by atoms with van der Waals surface area (Å²) in [6.07, 6.45) is 2.60. The molecule has 0 aromatic heterocycles. The van der Waals surface area contributed by atoms with Crippen LogP contribution in [0.3, 0.4) is 0 Å². The Bertz CT molecular complexity index is 1160. The van der Waals surface area contributed by atoms with Gasteiger partial charge in [0.15, 0.2) is 11.5 Å². The third-order valence-electron chi connectivity index (χ3n) is 5.43. The van der Waals surface area contributed by atoms with Crippen molar-refractivity contribution in [2.75, 3.05) is 32.1 Å². The largest absolute Gasteiger partial charge is 0.493 e. The van der Waals surface area contributed by atoms with Gasteiger partial charge >= 0.3 is 0 Å². The number of nitro groups is 1. The summed E-state index contributed by atoms with van der Waals surface area (Å²) in [4.78, 5) is 24.0. The lowest BCUT2D eigenvalue weighted by Gasteiger charge is -2.26. The highest BCUT2D eigenvalue weighted by molar-refractivity contribution is 7.89. The Morgan fingerprint density at radius 1 is 1.15 bits per heavy atom. The Kier molecular flexibility index (Phi) is 7.54. The Labute approximate surface area is 192 Å². The summed E-state index contributed by atoms with van der Waals surface area (Å²) < 4.78 is 38.1. The van der Waals surface area contributed by atoms with Gasteiger partial charge in [0, 0.05) is 24.8 Å². The molecular weight excluding hydrogens is 450 g/mol. The van der Waals surface area contributed by atoms with Gasteiger partial charge in [-0.05, 0) is 44.4 Å². The van der Waals surface area contributed by atoms with Crippen LogP contribution in [-0.2, 0) is 10.0 Å². The Hall–Kier alpha value is -3.18. The van der Waals surface area contributed by atoms with E-state index in [1.807, 2.05) is 0 Å². The maximum atomic E-state index is 13.0. The van der Waals surface area contributed by atoms with Crippen molar-refractivity contribution in [3.05, 3.63) is 51.6 Å². The third kappa shape index (κ3) is 5.25. The summed E-state index contributed by atoms with van der Waals surface area (Å²) in [6, 6.07) is 6.86. The van der Waals surface area contributed by atoms with Crippen molar-refractivity contribution < 1.29 is 27.6 Å². The van der Waals surface area contributed by atoms with E-state index >= 15 is 0 Å². The van der Waals surface area contributed by atoms with Gasteiger partial charge < -0.3 is 14.8 Å². The molecule has 0 radical (unpaired) electrons. The van der Waals surface area contributed by atoms with Crippen LogP contribution in [-0.4, -0.2) is 50.4 Å². The molecule has 0 atom stereocenters. The number of nitro benzene ring substituents is 1. The standard InChI is InChI=1S/C22H27N3O7S/c1-4-32-21-13-17(19(25(27)28)14-20(21)31-3)22(26)23-18-12-16(9-8-15(18)2)33(29,30)24-10-6-5-7-11-24/h8-9,12-14H,4-7,10-11H2,1-3H3,(H,23,26). The number of aryl methyl sites for hydroxylation is 1. The average Bonchev–Trinajstić information content (AvgIpc) is 2.80. The first kappa shape index (κ1) is 24.5. The van der Waals surface area contributed by atoms with Crippen LogP contribution in [0.1, 0.15) is 42.1 Å². The summed E-state index contributed by atoms with van der Waals surface area (Å²) in [6.45, 7) is 4.62. The summed E-state index contributed by atoms with van der Waals surface area (Å²) in [5, 5.41) is 14.2. The van der Waals surface area contributed by atoms with Gasteiger partial charge in [-0.2, -0.15) is 4.31 Å². The topological polar surface area (TPSA) is 128 Å². The predicted octanol–water partition coefficient (Wildman–Crippen LogP) is 3.74. The average molecular weight is 478 g/mol. The normalized spacial score (nSPS) is 14.5. The van der Waals surface area contributed by atoms with Crippen LogP contribution < -0.4 is 14.8 Å². The fourth-order valence-corrected chi connectivity index (χ4v) is 5.19. The number of carbonyl (C=O) groups excluding carboxylic acids is 1. The monoisotopic (exact) mass is 477 g/mol. The number of hydrogen-bond acceptors (Lipinski definition) is 7. The summed E-state index contributed by atoms with van der Waals surface area (Å²) in [5.41, 5.74) is 0.179. The molecule has 10 nitrogen and oxygen atoms in total. The van der Waals surface area contributed by atoms with E-state index < -0.39 is 26.5 Å². The van der Waals surface area contributed by atoms with Crippen LogP contribution in [0.4, 0.5) is 11.4 Å². The van der Waals surface area contributed by atoms with E-state index in [4.69, 9.17) is 9.47 Å². The molecule has 1 amide bonds. The first-order chi connectivity index (χ1) is 15.7. The molecule has 178 valence electrons. The van der Waals surface area contributed by atoms with Crippen LogP contribution in [0.25, 0.3) is 0 Å². The molecule has 0 aliphatic carbocycles. The van der Waals surface area contributed by atoms with Crippen molar-refractivity contribution in [1.82, 2.24) is 4.31 Å². The van der Waals surface area contributed by atoms with Crippen molar-refractivity contribution in [3.63, 3.8) is 0 Å². The van der Waals surface area contributed by atoms with E-state index in [-0.39, 0.29) is 34.3 Å². The molecule has 0 bridgehead atoms. The van der Waals surface area contributed by atoms with Crippen LogP contribution in [0.15, 0.2) is 35.2 Å². The molecule has 1 aliphatic heterocycles. The predicted molar refractivity (Wildman–Crippen MR) is 123 cm³/mol. The zero-order valence-corrected chi connectivity index (χ0v) is 19.6. The second-order valence-electron chi connectivity index (χ2n) is 7.61. The molecule has 0 unspecified atom stereocenters. The van der Waals surface area contributed by atoms with Gasteiger partial charge in [-0.15, -0.1) is 0 Å². The first-order valence-electron chi connectivity index (χ1n) is 10.6. The fourth-order valence-electron chi connectivity index (χ4n) is 3.65. The van der Waals surface area contributed by atoms with Crippen LogP contribution in [0.2, 0.25) is 0 Å².